The van der Waals surface area contributed by atoms with E-state index >= 15 is 0 Å². The summed E-state index contributed by atoms with van der Waals surface area (Å²) in [7, 11) is 0. The Balaban J connectivity index is 2.20. The van der Waals surface area contributed by atoms with Crippen molar-refractivity contribution < 1.29 is 4.92 Å². The highest BCUT2D eigenvalue weighted by atomic mass is 16.6. The Morgan fingerprint density at radius 3 is 3.06 bits per heavy atom. The molecule has 0 amide bonds. The summed E-state index contributed by atoms with van der Waals surface area (Å²) in [5, 5.41) is 17.9. The van der Waals surface area contributed by atoms with E-state index < -0.39 is 4.92 Å². The van der Waals surface area contributed by atoms with Crippen LogP contribution < -0.4 is 5.32 Å². The SMILES string of the molecule is CCCn1cc(Nc2ccncc2[N+](=O)[O-])cn1. The minimum atomic E-state index is -0.466. The third-order valence-electron chi connectivity index (χ3n) is 2.36. The van der Waals surface area contributed by atoms with Gasteiger partial charge in [-0.1, -0.05) is 6.92 Å². The van der Waals surface area contributed by atoms with E-state index in [1.54, 1.807) is 16.9 Å². The summed E-state index contributed by atoms with van der Waals surface area (Å²) in [6, 6.07) is 1.56. The second-order valence-electron chi connectivity index (χ2n) is 3.77. The normalized spacial score (nSPS) is 10.3. The highest BCUT2D eigenvalue weighted by Gasteiger charge is 2.13. The predicted molar refractivity (Wildman–Crippen MR) is 66.7 cm³/mol. The van der Waals surface area contributed by atoms with Crippen molar-refractivity contribution >= 4 is 17.1 Å². The van der Waals surface area contributed by atoms with Crippen LogP contribution in [0.1, 0.15) is 13.3 Å². The van der Waals surface area contributed by atoms with Gasteiger partial charge in [-0.3, -0.25) is 19.8 Å². The number of hydrogen-bond acceptors (Lipinski definition) is 5. The summed E-state index contributed by atoms with van der Waals surface area (Å²) < 4.78 is 1.79. The van der Waals surface area contributed by atoms with E-state index in [0.29, 0.717) is 5.69 Å². The maximum Gasteiger partial charge on any atom is 0.310 e. The van der Waals surface area contributed by atoms with E-state index in [1.165, 1.54) is 12.4 Å². The fraction of sp³-hybridized carbons (Fsp3) is 0.273. The first-order chi connectivity index (χ1) is 8.70. The van der Waals surface area contributed by atoms with Crippen LogP contribution in [0.4, 0.5) is 17.1 Å². The van der Waals surface area contributed by atoms with E-state index in [2.05, 4.69) is 22.3 Å². The Bertz CT molecular complexity index is 552. The molecule has 0 bridgehead atoms. The lowest BCUT2D eigenvalue weighted by atomic mass is 10.3. The maximum absolute atomic E-state index is 10.8. The van der Waals surface area contributed by atoms with Crippen molar-refractivity contribution in [2.45, 2.75) is 19.9 Å². The van der Waals surface area contributed by atoms with Crippen molar-refractivity contribution in [1.82, 2.24) is 14.8 Å². The molecule has 94 valence electrons. The molecule has 0 aliphatic heterocycles. The first-order valence-electron chi connectivity index (χ1n) is 5.58. The van der Waals surface area contributed by atoms with Crippen molar-refractivity contribution in [3.8, 4) is 0 Å². The van der Waals surface area contributed by atoms with Crippen molar-refractivity contribution in [3.63, 3.8) is 0 Å². The van der Waals surface area contributed by atoms with Gasteiger partial charge in [-0.05, 0) is 12.5 Å². The average Bonchev–Trinajstić information content (AvgIpc) is 2.77. The highest BCUT2D eigenvalue weighted by molar-refractivity contribution is 5.67. The maximum atomic E-state index is 10.8. The van der Waals surface area contributed by atoms with Gasteiger partial charge in [0.1, 0.15) is 11.9 Å². The Morgan fingerprint density at radius 2 is 2.33 bits per heavy atom. The summed E-state index contributed by atoms with van der Waals surface area (Å²) in [6.45, 7) is 2.88. The number of rotatable bonds is 5. The number of nitrogens with zero attached hydrogens (tertiary/aromatic N) is 4. The van der Waals surface area contributed by atoms with E-state index in [-0.39, 0.29) is 5.69 Å². The van der Waals surface area contributed by atoms with Crippen LogP contribution in [0.25, 0.3) is 0 Å². The molecule has 7 heteroatoms. The predicted octanol–water partition coefficient (Wildman–Crippen LogP) is 2.34. The van der Waals surface area contributed by atoms with E-state index in [4.69, 9.17) is 0 Å². The Kier molecular flexibility index (Phi) is 3.52. The molecule has 0 aliphatic rings. The zero-order chi connectivity index (χ0) is 13.0. The fourth-order valence-corrected chi connectivity index (χ4v) is 1.57. The first kappa shape index (κ1) is 12.0. The molecule has 0 unspecified atom stereocenters. The zero-order valence-corrected chi connectivity index (χ0v) is 9.91. The van der Waals surface area contributed by atoms with Gasteiger partial charge in [0.05, 0.1) is 16.8 Å². The van der Waals surface area contributed by atoms with Crippen LogP contribution >= 0.6 is 0 Å². The number of nitrogens with one attached hydrogen (secondary N) is 1. The molecule has 0 spiro atoms. The van der Waals surface area contributed by atoms with Crippen LogP contribution in [0.15, 0.2) is 30.9 Å². The first-order valence-corrected chi connectivity index (χ1v) is 5.58. The summed E-state index contributed by atoms with van der Waals surface area (Å²) in [6.07, 6.45) is 7.16. The third kappa shape index (κ3) is 2.62. The van der Waals surface area contributed by atoms with Crippen LogP contribution in [-0.2, 0) is 6.54 Å². The largest absolute Gasteiger partial charge is 0.347 e. The van der Waals surface area contributed by atoms with Gasteiger partial charge in [0.25, 0.3) is 0 Å². The number of pyridine rings is 1. The minimum Gasteiger partial charge on any atom is -0.347 e. The average molecular weight is 247 g/mol. The van der Waals surface area contributed by atoms with Gasteiger partial charge < -0.3 is 5.32 Å². The molecule has 0 saturated carbocycles. The molecule has 0 aromatic carbocycles. The lowest BCUT2D eigenvalue weighted by Crippen LogP contribution is -1.97. The van der Waals surface area contributed by atoms with Gasteiger partial charge in [0, 0.05) is 18.9 Å². The van der Waals surface area contributed by atoms with Crippen molar-refractivity contribution in [2.24, 2.45) is 0 Å². The highest BCUT2D eigenvalue weighted by Crippen LogP contribution is 2.25. The van der Waals surface area contributed by atoms with Gasteiger partial charge in [-0.25, -0.2) is 0 Å². The van der Waals surface area contributed by atoms with Crippen LogP contribution in [-0.4, -0.2) is 19.7 Å². The number of nitro groups is 1. The Hall–Kier alpha value is -2.44. The standard InChI is InChI=1S/C11H13N5O2/c1-2-5-15-8-9(6-13-15)14-10-3-4-12-7-11(10)16(17)18/h3-4,6-8H,2,5H2,1H3,(H,12,14). The van der Waals surface area contributed by atoms with Crippen molar-refractivity contribution in [2.75, 3.05) is 5.32 Å². The minimum absolute atomic E-state index is 0.0549. The Morgan fingerprint density at radius 1 is 1.50 bits per heavy atom. The van der Waals surface area contributed by atoms with Crippen LogP contribution in [0.2, 0.25) is 0 Å². The summed E-state index contributed by atoms with van der Waals surface area (Å²) in [5.74, 6) is 0. The topological polar surface area (TPSA) is 85.9 Å². The number of hydrogen-bond donors (Lipinski definition) is 1. The molecule has 2 rings (SSSR count). The molecule has 0 saturated heterocycles. The van der Waals surface area contributed by atoms with Crippen molar-refractivity contribution in [3.05, 3.63) is 41.0 Å². The molecule has 18 heavy (non-hydrogen) atoms. The van der Waals surface area contributed by atoms with Gasteiger partial charge >= 0.3 is 5.69 Å². The van der Waals surface area contributed by atoms with Gasteiger partial charge in [0.15, 0.2) is 0 Å². The second kappa shape index (κ2) is 5.26. The monoisotopic (exact) mass is 247 g/mol. The molecule has 0 fully saturated rings. The van der Waals surface area contributed by atoms with Gasteiger partial charge in [-0.15, -0.1) is 0 Å². The van der Waals surface area contributed by atoms with Crippen molar-refractivity contribution in [1.29, 1.82) is 0 Å². The molecule has 0 radical (unpaired) electrons. The van der Waals surface area contributed by atoms with E-state index in [9.17, 15) is 10.1 Å². The van der Waals surface area contributed by atoms with Gasteiger partial charge in [0.2, 0.25) is 0 Å². The van der Waals surface area contributed by atoms with Gasteiger partial charge in [-0.2, -0.15) is 5.10 Å². The summed E-state index contributed by atoms with van der Waals surface area (Å²) in [5.41, 5.74) is 1.07. The molecule has 2 aromatic heterocycles. The molecule has 1 N–H and O–H groups in total. The van der Waals surface area contributed by atoms with E-state index in [1.807, 2.05) is 6.20 Å². The molecular formula is C11H13N5O2. The molecule has 7 nitrogen and oxygen atoms in total. The van der Waals surface area contributed by atoms with Crippen LogP contribution in [0.5, 0.6) is 0 Å². The lowest BCUT2D eigenvalue weighted by molar-refractivity contribution is -0.384. The molecule has 2 heterocycles. The molecular weight excluding hydrogens is 234 g/mol. The lowest BCUT2D eigenvalue weighted by Gasteiger charge is -2.03. The number of aryl methyl sites for hydroxylation is 1. The Labute approximate surface area is 104 Å². The summed E-state index contributed by atoms with van der Waals surface area (Å²) in [4.78, 5) is 14.1. The molecule has 0 aliphatic carbocycles. The second-order valence-corrected chi connectivity index (χ2v) is 3.77. The smallest absolute Gasteiger partial charge is 0.310 e. The quantitative estimate of drug-likeness (QED) is 0.647. The molecule has 0 atom stereocenters. The summed E-state index contributed by atoms with van der Waals surface area (Å²) >= 11 is 0. The number of aromatic nitrogens is 3. The molecule has 2 aromatic rings. The fourth-order valence-electron chi connectivity index (χ4n) is 1.57. The number of anilines is 2. The van der Waals surface area contributed by atoms with E-state index in [0.717, 1.165) is 18.7 Å². The van der Waals surface area contributed by atoms with Crippen LogP contribution in [0, 0.1) is 10.1 Å². The van der Waals surface area contributed by atoms with Crippen LogP contribution in [0.3, 0.4) is 0 Å². The third-order valence-corrected chi connectivity index (χ3v) is 2.36. The zero-order valence-electron chi connectivity index (χ0n) is 9.91.